The van der Waals surface area contributed by atoms with E-state index in [9.17, 15) is 4.79 Å². The first kappa shape index (κ1) is 15.1. The summed E-state index contributed by atoms with van der Waals surface area (Å²) in [6.45, 7) is 1.75. The molecule has 1 atom stereocenters. The Morgan fingerprint density at radius 2 is 1.84 bits per heavy atom. The molecule has 0 heterocycles. The third-order valence-electron chi connectivity index (χ3n) is 2.51. The number of methoxy groups -OCH3 is 3. The zero-order chi connectivity index (χ0) is 14.4. The predicted octanol–water partition coefficient (Wildman–Crippen LogP) is 0.823. The molecule has 0 aromatic heterocycles. The van der Waals surface area contributed by atoms with Gasteiger partial charge in [0.1, 0.15) is 0 Å². The summed E-state index contributed by atoms with van der Waals surface area (Å²) in [5.74, 6) is 0.782. The lowest BCUT2D eigenvalue weighted by Gasteiger charge is -2.15. The van der Waals surface area contributed by atoms with E-state index in [0.29, 0.717) is 22.8 Å². The molecule has 0 unspecified atom stereocenters. The van der Waals surface area contributed by atoms with E-state index in [1.165, 1.54) is 21.3 Å². The van der Waals surface area contributed by atoms with E-state index in [-0.39, 0.29) is 12.5 Å². The number of nitrogens with one attached hydrogen (secondary N) is 1. The van der Waals surface area contributed by atoms with Crippen molar-refractivity contribution in [2.45, 2.75) is 13.0 Å². The van der Waals surface area contributed by atoms with Gasteiger partial charge in [-0.15, -0.1) is 0 Å². The molecule has 0 aliphatic heterocycles. The molecule has 19 heavy (non-hydrogen) atoms. The van der Waals surface area contributed by atoms with Crippen molar-refractivity contribution in [3.63, 3.8) is 0 Å². The molecule has 1 amide bonds. The lowest BCUT2D eigenvalue weighted by Crippen LogP contribution is -2.30. The van der Waals surface area contributed by atoms with Gasteiger partial charge in [-0.1, -0.05) is 0 Å². The molecule has 0 aliphatic carbocycles. The van der Waals surface area contributed by atoms with E-state index in [2.05, 4.69) is 5.32 Å². The lowest BCUT2D eigenvalue weighted by atomic mass is 10.1. The normalized spacial score (nSPS) is 11.6. The number of carbonyl (C=O) groups is 1. The molecule has 0 spiro atoms. The van der Waals surface area contributed by atoms with Crippen molar-refractivity contribution in [1.29, 1.82) is 0 Å². The first-order chi connectivity index (χ1) is 9.04. The minimum Gasteiger partial charge on any atom is -0.493 e. The molecular weight excluding hydrogens is 250 g/mol. The van der Waals surface area contributed by atoms with E-state index >= 15 is 0 Å². The summed E-state index contributed by atoms with van der Waals surface area (Å²) < 4.78 is 15.5. The molecule has 106 valence electrons. The van der Waals surface area contributed by atoms with Crippen LogP contribution in [0.1, 0.15) is 17.3 Å². The maximum Gasteiger partial charge on any atom is 0.255 e. The van der Waals surface area contributed by atoms with Crippen LogP contribution in [0.4, 0.5) is 0 Å². The second-order valence-electron chi connectivity index (χ2n) is 3.94. The van der Waals surface area contributed by atoms with Gasteiger partial charge in [0.15, 0.2) is 11.5 Å². The molecule has 1 aromatic rings. The third-order valence-corrected chi connectivity index (χ3v) is 2.51. The first-order valence-corrected chi connectivity index (χ1v) is 5.80. The van der Waals surface area contributed by atoms with Crippen LogP contribution in [0.2, 0.25) is 0 Å². The Labute approximate surface area is 112 Å². The van der Waals surface area contributed by atoms with Crippen LogP contribution in [0, 0.1) is 0 Å². The number of aliphatic hydroxyl groups is 1. The average molecular weight is 269 g/mol. The van der Waals surface area contributed by atoms with Gasteiger partial charge in [-0.05, 0) is 19.1 Å². The zero-order valence-electron chi connectivity index (χ0n) is 11.5. The second-order valence-corrected chi connectivity index (χ2v) is 3.94. The second kappa shape index (κ2) is 6.84. The van der Waals surface area contributed by atoms with Gasteiger partial charge in [-0.2, -0.15) is 0 Å². The molecule has 0 fully saturated rings. The molecule has 1 aromatic carbocycles. The van der Waals surface area contributed by atoms with Gasteiger partial charge in [0.2, 0.25) is 5.75 Å². The largest absolute Gasteiger partial charge is 0.493 e. The van der Waals surface area contributed by atoms with E-state index in [0.717, 1.165) is 0 Å². The van der Waals surface area contributed by atoms with Gasteiger partial charge < -0.3 is 24.6 Å². The summed E-state index contributed by atoms with van der Waals surface area (Å²) in [6.07, 6.45) is -0.616. The summed E-state index contributed by atoms with van der Waals surface area (Å²) >= 11 is 0. The van der Waals surface area contributed by atoms with Crippen LogP contribution in [-0.2, 0) is 0 Å². The fourth-order valence-corrected chi connectivity index (χ4v) is 1.62. The molecule has 6 heteroatoms. The van der Waals surface area contributed by atoms with Gasteiger partial charge >= 0.3 is 0 Å². The Hall–Kier alpha value is -1.95. The van der Waals surface area contributed by atoms with Crippen molar-refractivity contribution in [1.82, 2.24) is 5.32 Å². The maximum atomic E-state index is 12.0. The monoisotopic (exact) mass is 269 g/mol. The van der Waals surface area contributed by atoms with Crippen molar-refractivity contribution in [3.05, 3.63) is 17.7 Å². The number of benzene rings is 1. The molecular formula is C13H19NO5. The predicted molar refractivity (Wildman–Crippen MR) is 70.1 cm³/mol. The summed E-state index contributed by atoms with van der Waals surface area (Å²) in [7, 11) is 4.42. The van der Waals surface area contributed by atoms with Crippen molar-refractivity contribution in [3.8, 4) is 17.2 Å². The zero-order valence-corrected chi connectivity index (χ0v) is 11.5. The molecule has 0 radical (unpaired) electrons. The van der Waals surface area contributed by atoms with Crippen LogP contribution in [-0.4, -0.2) is 45.0 Å². The molecule has 2 N–H and O–H groups in total. The Balaban J connectivity index is 3.10. The topological polar surface area (TPSA) is 77.0 Å². The fraction of sp³-hybridized carbons (Fsp3) is 0.462. The van der Waals surface area contributed by atoms with E-state index in [4.69, 9.17) is 19.3 Å². The summed E-state index contributed by atoms with van der Waals surface area (Å²) in [6, 6.07) is 3.20. The van der Waals surface area contributed by atoms with Crippen molar-refractivity contribution in [2.75, 3.05) is 27.9 Å². The minimum atomic E-state index is -0.616. The molecule has 6 nitrogen and oxygen atoms in total. The number of carbonyl (C=O) groups excluding carboxylic acids is 1. The highest BCUT2D eigenvalue weighted by molar-refractivity contribution is 5.98. The minimum absolute atomic E-state index is 0.163. The van der Waals surface area contributed by atoms with Gasteiger partial charge in [0.05, 0.1) is 33.0 Å². The Morgan fingerprint density at radius 3 is 2.32 bits per heavy atom. The third kappa shape index (κ3) is 3.51. The summed E-state index contributed by atoms with van der Waals surface area (Å²) in [5.41, 5.74) is 0.320. The highest BCUT2D eigenvalue weighted by Crippen LogP contribution is 2.39. The molecule has 0 saturated carbocycles. The summed E-state index contributed by atoms with van der Waals surface area (Å²) in [5, 5.41) is 11.8. The van der Waals surface area contributed by atoms with Crippen molar-refractivity contribution >= 4 is 5.91 Å². The highest BCUT2D eigenvalue weighted by atomic mass is 16.5. The van der Waals surface area contributed by atoms with Crippen LogP contribution >= 0.6 is 0 Å². The fourth-order valence-electron chi connectivity index (χ4n) is 1.62. The molecule has 0 aliphatic rings. The van der Waals surface area contributed by atoms with Gasteiger partial charge in [-0.25, -0.2) is 0 Å². The summed E-state index contributed by atoms with van der Waals surface area (Å²) in [4.78, 5) is 12.0. The van der Waals surface area contributed by atoms with Gasteiger partial charge in [0.25, 0.3) is 5.91 Å². The first-order valence-electron chi connectivity index (χ1n) is 5.80. The number of hydrogen-bond acceptors (Lipinski definition) is 5. The SMILES string of the molecule is COc1ccc(C(=O)NC[C@@H](C)O)c(OC)c1OC. The quantitative estimate of drug-likeness (QED) is 0.799. The maximum absolute atomic E-state index is 12.0. The van der Waals surface area contributed by atoms with Gasteiger partial charge in [0, 0.05) is 6.54 Å². The number of amides is 1. The molecule has 0 bridgehead atoms. The Kier molecular flexibility index (Phi) is 5.44. The molecule has 0 saturated heterocycles. The van der Waals surface area contributed by atoms with Crippen LogP contribution in [0.3, 0.4) is 0 Å². The standard InChI is InChI=1S/C13H19NO5/c1-8(15)7-14-13(16)9-5-6-10(17-2)12(19-4)11(9)18-3/h5-6,8,15H,7H2,1-4H3,(H,14,16)/t8-/m1/s1. The van der Waals surface area contributed by atoms with Gasteiger partial charge in [-0.3, -0.25) is 4.79 Å². The number of rotatable bonds is 6. The Bertz CT molecular complexity index is 445. The smallest absolute Gasteiger partial charge is 0.255 e. The van der Waals surface area contributed by atoms with Crippen LogP contribution in [0.25, 0.3) is 0 Å². The van der Waals surface area contributed by atoms with E-state index in [1.54, 1.807) is 19.1 Å². The average Bonchev–Trinajstić information content (AvgIpc) is 2.42. The number of hydrogen-bond donors (Lipinski definition) is 2. The van der Waals surface area contributed by atoms with Crippen LogP contribution in [0.5, 0.6) is 17.2 Å². The Morgan fingerprint density at radius 1 is 1.21 bits per heavy atom. The van der Waals surface area contributed by atoms with Crippen molar-refractivity contribution < 1.29 is 24.1 Å². The number of ether oxygens (including phenoxy) is 3. The highest BCUT2D eigenvalue weighted by Gasteiger charge is 2.20. The van der Waals surface area contributed by atoms with Crippen LogP contribution < -0.4 is 19.5 Å². The van der Waals surface area contributed by atoms with E-state index < -0.39 is 6.10 Å². The molecule has 1 rings (SSSR count). The van der Waals surface area contributed by atoms with Crippen LogP contribution in [0.15, 0.2) is 12.1 Å². The van der Waals surface area contributed by atoms with E-state index in [1.807, 2.05) is 0 Å². The van der Waals surface area contributed by atoms with Crippen molar-refractivity contribution in [2.24, 2.45) is 0 Å². The number of aliphatic hydroxyl groups excluding tert-OH is 1. The lowest BCUT2D eigenvalue weighted by molar-refractivity contribution is 0.0920.